The fourth-order valence-electron chi connectivity index (χ4n) is 2.31. The lowest BCUT2D eigenvalue weighted by molar-refractivity contribution is -0.384. The minimum absolute atomic E-state index is 0.00439. The van der Waals surface area contributed by atoms with Gasteiger partial charge in [-0.2, -0.15) is 0 Å². The van der Waals surface area contributed by atoms with Crippen LogP contribution < -0.4 is 4.90 Å². The van der Waals surface area contributed by atoms with Crippen LogP contribution in [0.15, 0.2) is 18.2 Å². The third-order valence-electron chi connectivity index (χ3n) is 3.46. The average Bonchev–Trinajstić information content (AvgIpc) is 2.60. The first-order valence-corrected chi connectivity index (χ1v) is 6.40. The Bertz CT molecular complexity index is 532. The van der Waals surface area contributed by atoms with Gasteiger partial charge in [-0.05, 0) is 12.5 Å². The van der Waals surface area contributed by atoms with Crippen molar-refractivity contribution in [1.29, 1.82) is 0 Å². The molecule has 0 radical (unpaired) electrons. The number of nitro benzene ring substituents is 1. The molecular weight excluding hydrogens is 262 g/mol. The van der Waals surface area contributed by atoms with Crippen LogP contribution in [-0.4, -0.2) is 47.5 Å². The molecule has 1 heterocycles. The van der Waals surface area contributed by atoms with E-state index < -0.39 is 4.92 Å². The first-order valence-electron chi connectivity index (χ1n) is 6.40. The summed E-state index contributed by atoms with van der Waals surface area (Å²) in [7, 11) is 1.76. The number of carbonyl (C=O) groups is 1. The number of hydrogen-bond acceptors (Lipinski definition) is 5. The number of aliphatic hydroxyl groups is 1. The molecule has 1 aliphatic rings. The van der Waals surface area contributed by atoms with Crippen LogP contribution in [-0.2, 0) is 11.4 Å². The van der Waals surface area contributed by atoms with Gasteiger partial charge in [-0.25, -0.2) is 0 Å². The van der Waals surface area contributed by atoms with Crippen LogP contribution in [0.4, 0.5) is 11.4 Å². The predicted octanol–water partition coefficient (Wildman–Crippen LogP) is 0.756. The maximum atomic E-state index is 11.9. The van der Waals surface area contributed by atoms with E-state index in [4.69, 9.17) is 0 Å². The molecule has 0 aliphatic carbocycles. The lowest BCUT2D eigenvalue weighted by Crippen LogP contribution is -2.34. The van der Waals surface area contributed by atoms with Crippen LogP contribution in [0.2, 0.25) is 0 Å². The largest absolute Gasteiger partial charge is 0.392 e. The molecule has 20 heavy (non-hydrogen) atoms. The highest BCUT2D eigenvalue weighted by Crippen LogP contribution is 2.26. The van der Waals surface area contributed by atoms with E-state index in [1.807, 2.05) is 4.90 Å². The van der Waals surface area contributed by atoms with Crippen molar-refractivity contribution < 1.29 is 14.8 Å². The van der Waals surface area contributed by atoms with Crippen LogP contribution in [0, 0.1) is 10.1 Å². The zero-order valence-corrected chi connectivity index (χ0v) is 11.3. The summed E-state index contributed by atoms with van der Waals surface area (Å²) in [5.74, 6) is 0.00439. The van der Waals surface area contributed by atoms with Gasteiger partial charge in [-0.1, -0.05) is 0 Å². The van der Waals surface area contributed by atoms with E-state index in [1.54, 1.807) is 18.0 Å². The number of rotatable bonds is 3. The lowest BCUT2D eigenvalue weighted by Gasteiger charge is -2.24. The third kappa shape index (κ3) is 2.88. The SMILES string of the molecule is CN1CCCN(c2ccc([N+](=O)[O-])cc2CO)CC1=O. The maximum Gasteiger partial charge on any atom is 0.269 e. The Kier molecular flexibility index (Phi) is 4.19. The second kappa shape index (κ2) is 5.87. The number of nitro groups is 1. The van der Waals surface area contributed by atoms with Gasteiger partial charge in [0.2, 0.25) is 5.91 Å². The van der Waals surface area contributed by atoms with Gasteiger partial charge in [0, 0.05) is 43.5 Å². The highest BCUT2D eigenvalue weighted by Gasteiger charge is 2.22. The van der Waals surface area contributed by atoms with Crippen molar-refractivity contribution in [2.24, 2.45) is 0 Å². The number of benzene rings is 1. The van der Waals surface area contributed by atoms with Gasteiger partial charge in [0.1, 0.15) is 0 Å². The zero-order valence-electron chi connectivity index (χ0n) is 11.3. The molecule has 1 aliphatic heterocycles. The van der Waals surface area contributed by atoms with Gasteiger partial charge in [-0.3, -0.25) is 14.9 Å². The first kappa shape index (κ1) is 14.3. The van der Waals surface area contributed by atoms with Gasteiger partial charge in [0.15, 0.2) is 0 Å². The van der Waals surface area contributed by atoms with Gasteiger partial charge in [0.05, 0.1) is 18.1 Å². The summed E-state index contributed by atoms with van der Waals surface area (Å²) in [6.07, 6.45) is 0.824. The van der Waals surface area contributed by atoms with Gasteiger partial charge < -0.3 is 14.9 Å². The van der Waals surface area contributed by atoms with Crippen LogP contribution >= 0.6 is 0 Å². The molecule has 108 valence electrons. The topological polar surface area (TPSA) is 86.9 Å². The smallest absolute Gasteiger partial charge is 0.269 e. The van der Waals surface area contributed by atoms with Crippen molar-refractivity contribution in [3.63, 3.8) is 0 Å². The molecule has 0 atom stereocenters. The van der Waals surface area contributed by atoms with E-state index in [0.29, 0.717) is 24.3 Å². The number of carbonyl (C=O) groups excluding carboxylic acids is 1. The molecular formula is C13H17N3O4. The molecule has 1 fully saturated rings. The van der Waals surface area contributed by atoms with Crippen molar-refractivity contribution in [2.45, 2.75) is 13.0 Å². The quantitative estimate of drug-likeness (QED) is 0.652. The summed E-state index contributed by atoms with van der Waals surface area (Å²) in [5, 5.41) is 20.2. The van der Waals surface area contributed by atoms with Crippen LogP contribution in [0.25, 0.3) is 0 Å². The minimum Gasteiger partial charge on any atom is -0.392 e. The van der Waals surface area contributed by atoms with Crippen molar-refractivity contribution in [3.8, 4) is 0 Å². The van der Waals surface area contributed by atoms with Gasteiger partial charge in [0.25, 0.3) is 5.69 Å². The minimum atomic E-state index is -0.496. The number of nitrogens with zero attached hydrogens (tertiary/aromatic N) is 3. The molecule has 0 bridgehead atoms. The fraction of sp³-hybridized carbons (Fsp3) is 0.462. The Balaban J connectivity index is 2.31. The van der Waals surface area contributed by atoms with Crippen molar-refractivity contribution in [2.75, 3.05) is 31.6 Å². The highest BCUT2D eigenvalue weighted by atomic mass is 16.6. The summed E-state index contributed by atoms with van der Waals surface area (Å²) in [5.41, 5.74) is 1.09. The maximum absolute atomic E-state index is 11.9. The standard InChI is InChI=1S/C13H17N3O4/c1-14-5-2-6-15(8-13(14)18)12-4-3-11(16(19)20)7-10(12)9-17/h3-4,7,17H,2,5-6,8-9H2,1H3. The average molecular weight is 279 g/mol. The molecule has 1 aromatic carbocycles. The summed E-state index contributed by atoms with van der Waals surface area (Å²) in [6.45, 7) is 1.30. The number of non-ortho nitro benzene ring substituents is 1. The Morgan fingerprint density at radius 3 is 2.80 bits per heavy atom. The van der Waals surface area contributed by atoms with E-state index in [0.717, 1.165) is 6.42 Å². The summed E-state index contributed by atoms with van der Waals surface area (Å²) in [6, 6.07) is 4.35. The van der Waals surface area contributed by atoms with E-state index >= 15 is 0 Å². The Labute approximate surface area is 116 Å². The molecule has 2 rings (SSSR count). The Morgan fingerprint density at radius 1 is 1.40 bits per heavy atom. The fourth-order valence-corrected chi connectivity index (χ4v) is 2.31. The first-order chi connectivity index (χ1) is 9.52. The zero-order chi connectivity index (χ0) is 14.7. The van der Waals surface area contributed by atoms with E-state index in [-0.39, 0.29) is 24.7 Å². The summed E-state index contributed by atoms with van der Waals surface area (Å²) < 4.78 is 0. The molecule has 7 heteroatoms. The normalized spacial score (nSPS) is 16.2. The molecule has 1 amide bonds. The van der Waals surface area contributed by atoms with E-state index in [9.17, 15) is 20.0 Å². The van der Waals surface area contributed by atoms with Crippen molar-refractivity contribution >= 4 is 17.3 Å². The molecule has 0 spiro atoms. The highest BCUT2D eigenvalue weighted by molar-refractivity contribution is 5.82. The number of anilines is 1. The van der Waals surface area contributed by atoms with Gasteiger partial charge >= 0.3 is 0 Å². The van der Waals surface area contributed by atoms with E-state index in [1.165, 1.54) is 12.1 Å². The summed E-state index contributed by atoms with van der Waals surface area (Å²) in [4.78, 5) is 25.7. The molecule has 1 saturated heterocycles. The number of amides is 1. The second-order valence-corrected chi connectivity index (χ2v) is 4.82. The molecule has 0 aromatic heterocycles. The van der Waals surface area contributed by atoms with Crippen molar-refractivity contribution in [3.05, 3.63) is 33.9 Å². The number of aliphatic hydroxyl groups excluding tert-OH is 1. The monoisotopic (exact) mass is 279 g/mol. The molecule has 7 nitrogen and oxygen atoms in total. The van der Waals surface area contributed by atoms with Crippen LogP contribution in [0.5, 0.6) is 0 Å². The Hall–Kier alpha value is -2.15. The summed E-state index contributed by atoms with van der Waals surface area (Å²) >= 11 is 0. The third-order valence-corrected chi connectivity index (χ3v) is 3.46. The molecule has 1 N–H and O–H groups in total. The second-order valence-electron chi connectivity index (χ2n) is 4.82. The lowest BCUT2D eigenvalue weighted by atomic mass is 10.1. The predicted molar refractivity (Wildman–Crippen MR) is 73.5 cm³/mol. The molecule has 1 aromatic rings. The molecule has 0 saturated carbocycles. The number of likely N-dealkylation sites (N-methyl/N-ethyl adjacent to an activating group) is 1. The Morgan fingerprint density at radius 2 is 2.15 bits per heavy atom. The van der Waals surface area contributed by atoms with Crippen LogP contribution in [0.1, 0.15) is 12.0 Å². The molecule has 0 unspecified atom stereocenters. The van der Waals surface area contributed by atoms with E-state index in [2.05, 4.69) is 0 Å². The van der Waals surface area contributed by atoms with Gasteiger partial charge in [-0.15, -0.1) is 0 Å². The van der Waals surface area contributed by atoms with Crippen LogP contribution in [0.3, 0.4) is 0 Å². The van der Waals surface area contributed by atoms with Crippen molar-refractivity contribution in [1.82, 2.24) is 4.90 Å². The number of hydrogen-bond donors (Lipinski definition) is 1.